The lowest BCUT2D eigenvalue weighted by Crippen LogP contribution is -2.13. The van der Waals surface area contributed by atoms with Gasteiger partial charge in [-0.05, 0) is 24.3 Å². The first-order valence-electron chi connectivity index (χ1n) is 6.72. The van der Waals surface area contributed by atoms with Gasteiger partial charge in [-0.3, -0.25) is 4.79 Å². The topological polar surface area (TPSA) is 80.9 Å². The second-order valence-electron chi connectivity index (χ2n) is 4.62. The largest absolute Gasteiger partial charge is 0.369 e. The standard InChI is InChI=1S/C16H14N4OS/c17-14(21)10-22-16-19-13-9-5-4-8-12(13)15(20-16)18-11-6-2-1-3-7-11/h1-9H,10H2,(H2,17,21)(H,18,19,20). The number of aromatic nitrogens is 2. The maximum Gasteiger partial charge on any atom is 0.227 e. The number of anilines is 2. The quantitative estimate of drug-likeness (QED) is 0.559. The zero-order chi connectivity index (χ0) is 15.4. The number of primary amides is 1. The van der Waals surface area contributed by atoms with Crippen molar-refractivity contribution >= 4 is 40.1 Å². The van der Waals surface area contributed by atoms with E-state index in [1.54, 1.807) is 0 Å². The van der Waals surface area contributed by atoms with Crippen LogP contribution in [0.3, 0.4) is 0 Å². The number of hydrogen-bond acceptors (Lipinski definition) is 5. The third kappa shape index (κ3) is 3.35. The van der Waals surface area contributed by atoms with Crippen LogP contribution in [0.25, 0.3) is 10.9 Å². The van der Waals surface area contributed by atoms with E-state index in [4.69, 9.17) is 5.73 Å². The molecule has 3 rings (SSSR count). The fraction of sp³-hybridized carbons (Fsp3) is 0.0625. The van der Waals surface area contributed by atoms with Crippen molar-refractivity contribution in [2.45, 2.75) is 5.16 Å². The number of fused-ring (bicyclic) bond motifs is 1. The molecule has 0 bridgehead atoms. The lowest BCUT2D eigenvalue weighted by Gasteiger charge is -2.10. The predicted octanol–water partition coefficient (Wildman–Crippen LogP) is 2.95. The second-order valence-corrected chi connectivity index (χ2v) is 5.56. The molecule has 5 nitrogen and oxygen atoms in total. The third-order valence-corrected chi connectivity index (χ3v) is 3.83. The van der Waals surface area contributed by atoms with E-state index in [-0.39, 0.29) is 11.7 Å². The van der Waals surface area contributed by atoms with Crippen molar-refractivity contribution in [3.8, 4) is 0 Å². The summed E-state index contributed by atoms with van der Waals surface area (Å²) in [6, 6.07) is 17.5. The van der Waals surface area contributed by atoms with Crippen molar-refractivity contribution in [2.24, 2.45) is 5.73 Å². The summed E-state index contributed by atoms with van der Waals surface area (Å²) in [4.78, 5) is 19.9. The molecule has 0 saturated heterocycles. The van der Waals surface area contributed by atoms with Crippen LogP contribution in [0.4, 0.5) is 11.5 Å². The molecule has 0 aliphatic rings. The van der Waals surface area contributed by atoms with Crippen LogP contribution in [0.15, 0.2) is 59.8 Å². The summed E-state index contributed by atoms with van der Waals surface area (Å²) in [6.07, 6.45) is 0. The Hall–Kier alpha value is -2.60. The number of nitrogens with zero attached hydrogens (tertiary/aromatic N) is 2. The molecular formula is C16H14N4OS. The number of amides is 1. The Morgan fingerprint density at radius 3 is 2.55 bits per heavy atom. The minimum Gasteiger partial charge on any atom is -0.369 e. The van der Waals surface area contributed by atoms with Crippen molar-refractivity contribution in [1.29, 1.82) is 0 Å². The van der Waals surface area contributed by atoms with Crippen LogP contribution in [0.5, 0.6) is 0 Å². The summed E-state index contributed by atoms with van der Waals surface area (Å²) in [6.45, 7) is 0. The molecule has 22 heavy (non-hydrogen) atoms. The summed E-state index contributed by atoms with van der Waals surface area (Å²) in [5.41, 5.74) is 6.95. The van der Waals surface area contributed by atoms with Crippen LogP contribution in [-0.4, -0.2) is 21.6 Å². The molecule has 0 aliphatic carbocycles. The average molecular weight is 310 g/mol. The van der Waals surface area contributed by atoms with E-state index in [2.05, 4.69) is 15.3 Å². The normalized spacial score (nSPS) is 10.5. The fourth-order valence-corrected chi connectivity index (χ4v) is 2.60. The molecule has 0 radical (unpaired) electrons. The van der Waals surface area contributed by atoms with E-state index in [1.807, 2.05) is 54.6 Å². The first-order valence-corrected chi connectivity index (χ1v) is 7.71. The highest BCUT2D eigenvalue weighted by molar-refractivity contribution is 7.99. The summed E-state index contributed by atoms with van der Waals surface area (Å²) >= 11 is 1.23. The highest BCUT2D eigenvalue weighted by Crippen LogP contribution is 2.26. The molecule has 6 heteroatoms. The maximum absolute atomic E-state index is 10.9. The molecule has 0 aliphatic heterocycles. The number of carbonyl (C=O) groups is 1. The monoisotopic (exact) mass is 310 g/mol. The minimum atomic E-state index is -0.390. The number of carbonyl (C=O) groups excluding carboxylic acids is 1. The smallest absolute Gasteiger partial charge is 0.227 e. The van der Waals surface area contributed by atoms with E-state index in [1.165, 1.54) is 11.8 Å². The van der Waals surface area contributed by atoms with Gasteiger partial charge < -0.3 is 11.1 Å². The Bertz CT molecular complexity index is 808. The first-order chi connectivity index (χ1) is 10.7. The van der Waals surface area contributed by atoms with Gasteiger partial charge in [-0.15, -0.1) is 0 Å². The van der Waals surface area contributed by atoms with E-state index < -0.39 is 0 Å². The molecule has 2 aromatic carbocycles. The third-order valence-electron chi connectivity index (χ3n) is 2.96. The van der Waals surface area contributed by atoms with Crippen LogP contribution >= 0.6 is 11.8 Å². The van der Waals surface area contributed by atoms with E-state index in [0.29, 0.717) is 11.0 Å². The lowest BCUT2D eigenvalue weighted by molar-refractivity contribution is -0.115. The zero-order valence-electron chi connectivity index (χ0n) is 11.7. The molecule has 0 saturated carbocycles. The van der Waals surface area contributed by atoms with Crippen molar-refractivity contribution in [1.82, 2.24) is 9.97 Å². The van der Waals surface area contributed by atoms with E-state index >= 15 is 0 Å². The van der Waals surface area contributed by atoms with E-state index in [9.17, 15) is 4.79 Å². The van der Waals surface area contributed by atoms with Gasteiger partial charge in [0.1, 0.15) is 5.82 Å². The molecule has 1 heterocycles. The Kier molecular flexibility index (Phi) is 4.20. The number of hydrogen-bond donors (Lipinski definition) is 2. The number of para-hydroxylation sites is 2. The molecule has 0 atom stereocenters. The van der Waals surface area contributed by atoms with Gasteiger partial charge in [0.15, 0.2) is 5.16 Å². The summed E-state index contributed by atoms with van der Waals surface area (Å²) < 4.78 is 0. The zero-order valence-corrected chi connectivity index (χ0v) is 12.5. The number of rotatable bonds is 5. The van der Waals surface area contributed by atoms with Crippen LogP contribution in [0.1, 0.15) is 0 Å². The lowest BCUT2D eigenvalue weighted by atomic mass is 10.2. The van der Waals surface area contributed by atoms with Crippen LogP contribution in [-0.2, 0) is 4.79 Å². The van der Waals surface area contributed by atoms with Gasteiger partial charge in [-0.1, -0.05) is 42.1 Å². The Morgan fingerprint density at radius 2 is 1.77 bits per heavy atom. The summed E-state index contributed by atoms with van der Waals surface area (Å²) in [5, 5.41) is 4.74. The molecule has 0 unspecified atom stereocenters. The van der Waals surface area contributed by atoms with Gasteiger partial charge in [0.25, 0.3) is 0 Å². The van der Waals surface area contributed by atoms with Crippen molar-refractivity contribution in [3.05, 3.63) is 54.6 Å². The highest BCUT2D eigenvalue weighted by atomic mass is 32.2. The molecule has 0 spiro atoms. The number of thioether (sulfide) groups is 1. The van der Waals surface area contributed by atoms with Crippen molar-refractivity contribution < 1.29 is 4.79 Å². The first kappa shape index (κ1) is 14.3. The SMILES string of the molecule is NC(=O)CSc1nc(Nc2ccccc2)c2ccccc2n1. The molecule has 1 amide bonds. The minimum absolute atomic E-state index is 0.156. The fourth-order valence-electron chi connectivity index (χ4n) is 2.01. The Labute approximate surface area is 132 Å². The molecule has 3 N–H and O–H groups in total. The summed E-state index contributed by atoms with van der Waals surface area (Å²) in [5.74, 6) is 0.478. The maximum atomic E-state index is 10.9. The van der Waals surface area contributed by atoms with Crippen LogP contribution < -0.4 is 11.1 Å². The van der Waals surface area contributed by atoms with E-state index in [0.717, 1.165) is 16.6 Å². The van der Waals surface area contributed by atoms with Crippen LogP contribution in [0, 0.1) is 0 Å². The predicted molar refractivity (Wildman–Crippen MR) is 89.2 cm³/mol. The van der Waals surface area contributed by atoms with Gasteiger partial charge in [0.2, 0.25) is 5.91 Å². The molecule has 3 aromatic rings. The van der Waals surface area contributed by atoms with Gasteiger partial charge in [0, 0.05) is 11.1 Å². The summed E-state index contributed by atoms with van der Waals surface area (Å²) in [7, 11) is 0. The molecule has 110 valence electrons. The average Bonchev–Trinajstić information content (AvgIpc) is 2.54. The number of nitrogens with two attached hydrogens (primary N) is 1. The molecular weight excluding hydrogens is 296 g/mol. The Balaban J connectivity index is 2.00. The second kappa shape index (κ2) is 6.44. The van der Waals surface area contributed by atoms with Gasteiger partial charge in [0.05, 0.1) is 11.3 Å². The van der Waals surface area contributed by atoms with Crippen molar-refractivity contribution in [3.63, 3.8) is 0 Å². The molecule has 1 aromatic heterocycles. The Morgan fingerprint density at radius 1 is 1.05 bits per heavy atom. The van der Waals surface area contributed by atoms with Gasteiger partial charge in [-0.2, -0.15) is 0 Å². The van der Waals surface area contributed by atoms with Crippen LogP contribution in [0.2, 0.25) is 0 Å². The molecule has 0 fully saturated rings. The van der Waals surface area contributed by atoms with Crippen molar-refractivity contribution in [2.75, 3.05) is 11.1 Å². The highest BCUT2D eigenvalue weighted by Gasteiger charge is 2.09. The van der Waals surface area contributed by atoms with Gasteiger partial charge >= 0.3 is 0 Å². The number of nitrogens with one attached hydrogen (secondary N) is 1. The van der Waals surface area contributed by atoms with Gasteiger partial charge in [-0.25, -0.2) is 9.97 Å². The number of benzene rings is 2.